The molecule has 1 amide bonds. The minimum Gasteiger partial charge on any atom is -0.351 e. The van der Waals surface area contributed by atoms with Crippen LogP contribution in [0.1, 0.15) is 36.7 Å². The number of amides is 1. The van der Waals surface area contributed by atoms with E-state index in [1.54, 1.807) is 36.9 Å². The Labute approximate surface area is 137 Å². The largest absolute Gasteiger partial charge is 0.351 e. The van der Waals surface area contributed by atoms with Crippen molar-refractivity contribution < 1.29 is 13.2 Å². The Morgan fingerprint density at radius 1 is 1.27 bits per heavy atom. The molecule has 1 rings (SSSR count). The van der Waals surface area contributed by atoms with Crippen LogP contribution in [0.3, 0.4) is 0 Å². The van der Waals surface area contributed by atoms with Gasteiger partial charge >= 0.3 is 0 Å². The molecular formula is C15H24N2O3S2. The van der Waals surface area contributed by atoms with Gasteiger partial charge in [0.2, 0.25) is 10.0 Å². The number of hydrogen-bond donors (Lipinski definition) is 2. The van der Waals surface area contributed by atoms with Gasteiger partial charge in [-0.15, -0.1) is 0 Å². The number of nitrogens with one attached hydrogen (secondary N) is 2. The second-order valence-corrected chi connectivity index (χ2v) is 9.79. The molecule has 0 saturated heterocycles. The molecule has 1 aromatic carbocycles. The van der Waals surface area contributed by atoms with Gasteiger partial charge in [-0.05, 0) is 24.6 Å². The molecule has 0 saturated carbocycles. The molecule has 0 aliphatic heterocycles. The van der Waals surface area contributed by atoms with Crippen molar-refractivity contribution in [2.75, 3.05) is 23.3 Å². The van der Waals surface area contributed by atoms with E-state index in [0.29, 0.717) is 17.8 Å². The molecule has 0 aliphatic rings. The Kier molecular flexibility index (Phi) is 6.31. The highest BCUT2D eigenvalue weighted by atomic mass is 32.2. The van der Waals surface area contributed by atoms with Crippen molar-refractivity contribution in [2.45, 2.75) is 32.4 Å². The van der Waals surface area contributed by atoms with Crippen LogP contribution in [-0.2, 0) is 10.0 Å². The van der Waals surface area contributed by atoms with E-state index in [9.17, 15) is 13.2 Å². The van der Waals surface area contributed by atoms with E-state index in [2.05, 4.69) is 30.8 Å². The van der Waals surface area contributed by atoms with Gasteiger partial charge in [-0.2, -0.15) is 11.8 Å². The van der Waals surface area contributed by atoms with Crippen LogP contribution in [-0.4, -0.2) is 37.6 Å². The summed E-state index contributed by atoms with van der Waals surface area (Å²) < 4.78 is 25.2. The molecule has 0 atom stereocenters. The number of sulfonamides is 1. The molecule has 0 heterocycles. The molecular weight excluding hydrogens is 320 g/mol. The third-order valence-electron chi connectivity index (χ3n) is 2.72. The van der Waals surface area contributed by atoms with E-state index in [-0.39, 0.29) is 10.7 Å². The van der Waals surface area contributed by atoms with Gasteiger partial charge in [0, 0.05) is 22.6 Å². The zero-order valence-electron chi connectivity index (χ0n) is 13.7. The zero-order valence-corrected chi connectivity index (χ0v) is 15.3. The van der Waals surface area contributed by atoms with Crippen LogP contribution < -0.4 is 10.0 Å². The third-order valence-corrected chi connectivity index (χ3v) is 4.58. The number of carbonyl (C=O) groups is 1. The van der Waals surface area contributed by atoms with E-state index in [4.69, 9.17) is 0 Å². The van der Waals surface area contributed by atoms with Gasteiger partial charge in [-0.3, -0.25) is 9.52 Å². The van der Waals surface area contributed by atoms with E-state index < -0.39 is 10.0 Å². The van der Waals surface area contributed by atoms with Gasteiger partial charge in [-0.1, -0.05) is 26.8 Å². The van der Waals surface area contributed by atoms with Crippen molar-refractivity contribution in [3.8, 4) is 0 Å². The summed E-state index contributed by atoms with van der Waals surface area (Å²) in [6, 6.07) is 4.98. The van der Waals surface area contributed by atoms with Crippen molar-refractivity contribution in [3.63, 3.8) is 0 Å². The monoisotopic (exact) mass is 344 g/mol. The topological polar surface area (TPSA) is 75.3 Å². The van der Waals surface area contributed by atoms with E-state index >= 15 is 0 Å². The number of carbonyl (C=O) groups excluding carboxylic acids is 1. The summed E-state index contributed by atoms with van der Waals surface area (Å²) in [4.78, 5) is 12.1. The van der Waals surface area contributed by atoms with Gasteiger partial charge in [0.15, 0.2) is 0 Å². The fourth-order valence-electron chi connectivity index (χ4n) is 1.70. The van der Waals surface area contributed by atoms with Crippen LogP contribution in [0.2, 0.25) is 0 Å². The van der Waals surface area contributed by atoms with Crippen LogP contribution in [0.5, 0.6) is 0 Å². The number of rotatable bonds is 6. The summed E-state index contributed by atoms with van der Waals surface area (Å²) in [5.41, 5.74) is 1.64. The first-order valence-corrected chi connectivity index (χ1v) is 9.86. The minimum atomic E-state index is -3.36. The average molecular weight is 345 g/mol. The van der Waals surface area contributed by atoms with Crippen LogP contribution in [0.4, 0.5) is 5.69 Å². The Morgan fingerprint density at radius 2 is 1.91 bits per heavy atom. The van der Waals surface area contributed by atoms with E-state index in [1.165, 1.54) is 0 Å². The smallest absolute Gasteiger partial charge is 0.251 e. The predicted molar refractivity (Wildman–Crippen MR) is 94.2 cm³/mol. The molecule has 5 nitrogen and oxygen atoms in total. The molecule has 0 spiro atoms. The fraction of sp³-hybridized carbons (Fsp3) is 0.533. The lowest BCUT2D eigenvalue weighted by Crippen LogP contribution is -2.27. The van der Waals surface area contributed by atoms with Crippen LogP contribution in [0.15, 0.2) is 18.2 Å². The molecule has 7 heteroatoms. The van der Waals surface area contributed by atoms with Crippen LogP contribution >= 0.6 is 11.8 Å². The maximum atomic E-state index is 12.1. The zero-order chi connectivity index (χ0) is 17.0. The predicted octanol–water partition coefficient (Wildman–Crippen LogP) is 2.63. The van der Waals surface area contributed by atoms with Gasteiger partial charge in [0.05, 0.1) is 11.9 Å². The van der Waals surface area contributed by atoms with E-state index in [1.807, 2.05) is 0 Å². The average Bonchev–Trinajstić information content (AvgIpc) is 2.34. The first kappa shape index (κ1) is 18.8. The number of anilines is 1. The number of benzene rings is 1. The number of aryl methyl sites for hydroxylation is 1. The Bertz CT molecular complexity index is 635. The number of hydrogen-bond acceptors (Lipinski definition) is 4. The molecule has 0 fully saturated rings. The minimum absolute atomic E-state index is 0.168. The van der Waals surface area contributed by atoms with Gasteiger partial charge in [0.1, 0.15) is 0 Å². The fourth-order valence-corrected chi connectivity index (χ4v) is 3.13. The lowest BCUT2D eigenvalue weighted by atomic mass is 10.1. The van der Waals surface area contributed by atoms with Gasteiger partial charge < -0.3 is 5.32 Å². The summed E-state index contributed by atoms with van der Waals surface area (Å²) in [6.45, 7) is 8.74. The summed E-state index contributed by atoms with van der Waals surface area (Å²) in [5, 5.41) is 2.84. The summed E-state index contributed by atoms with van der Waals surface area (Å²) >= 11 is 1.78. The lowest BCUT2D eigenvalue weighted by molar-refractivity contribution is 0.0956. The molecule has 124 valence electrons. The van der Waals surface area contributed by atoms with Crippen molar-refractivity contribution >= 4 is 33.4 Å². The highest BCUT2D eigenvalue weighted by molar-refractivity contribution is 8.00. The van der Waals surface area contributed by atoms with Gasteiger partial charge in [0.25, 0.3) is 5.91 Å². The van der Waals surface area contributed by atoms with Crippen molar-refractivity contribution in [1.29, 1.82) is 0 Å². The SMILES string of the molecule is Cc1ccc(C(=O)NCCSC(C)(C)C)cc1NS(C)(=O)=O. The lowest BCUT2D eigenvalue weighted by Gasteiger charge is -2.17. The highest BCUT2D eigenvalue weighted by Crippen LogP contribution is 2.22. The molecule has 0 bridgehead atoms. The molecule has 0 aliphatic carbocycles. The van der Waals surface area contributed by atoms with Crippen molar-refractivity contribution in [3.05, 3.63) is 29.3 Å². The first-order chi connectivity index (χ1) is 9.98. The van der Waals surface area contributed by atoms with Crippen molar-refractivity contribution in [1.82, 2.24) is 5.32 Å². The summed E-state index contributed by atoms with van der Waals surface area (Å²) in [6.07, 6.45) is 1.09. The normalized spacial score (nSPS) is 12.0. The second kappa shape index (κ2) is 7.37. The Balaban J connectivity index is 2.68. The van der Waals surface area contributed by atoms with Crippen LogP contribution in [0.25, 0.3) is 0 Å². The molecule has 0 radical (unpaired) electrons. The van der Waals surface area contributed by atoms with Crippen LogP contribution in [0, 0.1) is 6.92 Å². The molecule has 2 N–H and O–H groups in total. The summed E-state index contributed by atoms with van der Waals surface area (Å²) in [7, 11) is -3.36. The highest BCUT2D eigenvalue weighted by Gasteiger charge is 2.12. The number of thioether (sulfide) groups is 1. The third kappa shape index (κ3) is 7.17. The molecule has 1 aromatic rings. The quantitative estimate of drug-likeness (QED) is 0.778. The maximum Gasteiger partial charge on any atom is 0.251 e. The Morgan fingerprint density at radius 3 is 2.45 bits per heavy atom. The second-order valence-electron chi connectivity index (χ2n) is 6.12. The van der Waals surface area contributed by atoms with E-state index in [0.717, 1.165) is 17.6 Å². The molecule has 22 heavy (non-hydrogen) atoms. The first-order valence-electron chi connectivity index (χ1n) is 6.98. The Hall–Kier alpha value is -1.21. The molecule has 0 unspecified atom stereocenters. The van der Waals surface area contributed by atoms with Gasteiger partial charge in [-0.25, -0.2) is 8.42 Å². The summed E-state index contributed by atoms with van der Waals surface area (Å²) in [5.74, 6) is 0.626. The van der Waals surface area contributed by atoms with Crippen molar-refractivity contribution in [2.24, 2.45) is 0 Å². The molecule has 0 aromatic heterocycles. The maximum absolute atomic E-state index is 12.1. The standard InChI is InChI=1S/C15H24N2O3S2/c1-11-6-7-12(10-13(11)17-22(5,19)20)14(18)16-8-9-21-15(2,3)4/h6-7,10,17H,8-9H2,1-5H3,(H,16,18).